The van der Waals surface area contributed by atoms with E-state index in [9.17, 15) is 14.9 Å². The molecule has 1 N–H and O–H groups in total. The number of benzene rings is 2. The Bertz CT molecular complexity index is 973. The molecule has 0 saturated carbocycles. The second-order valence-electron chi connectivity index (χ2n) is 7.69. The van der Waals surface area contributed by atoms with Gasteiger partial charge in [0.2, 0.25) is 0 Å². The SMILES string of the molecule is COc1ccc(/C=C(\C#N)C(=O)OCC(=O)Nc2c(C(C)C)cccc2C(C)C)cc1. The van der Waals surface area contributed by atoms with Gasteiger partial charge in [0, 0.05) is 5.69 Å². The number of ether oxygens (including phenoxy) is 2. The number of esters is 1. The van der Waals surface area contributed by atoms with E-state index in [0.717, 1.165) is 16.8 Å². The van der Waals surface area contributed by atoms with E-state index in [1.165, 1.54) is 6.08 Å². The number of carbonyl (C=O) groups is 2. The van der Waals surface area contributed by atoms with E-state index in [1.807, 2.05) is 24.3 Å². The lowest BCUT2D eigenvalue weighted by molar-refractivity contribution is -0.142. The Balaban J connectivity index is 2.09. The van der Waals surface area contributed by atoms with Gasteiger partial charge in [-0.1, -0.05) is 58.0 Å². The lowest BCUT2D eigenvalue weighted by Gasteiger charge is -2.20. The van der Waals surface area contributed by atoms with Crippen molar-refractivity contribution in [2.45, 2.75) is 39.5 Å². The lowest BCUT2D eigenvalue weighted by Crippen LogP contribution is -2.23. The van der Waals surface area contributed by atoms with E-state index >= 15 is 0 Å². The molecular weight excluding hydrogens is 392 g/mol. The van der Waals surface area contributed by atoms with Gasteiger partial charge in [-0.2, -0.15) is 5.26 Å². The average Bonchev–Trinajstić information content (AvgIpc) is 2.76. The standard InChI is InChI=1S/C25H28N2O4/c1-16(2)21-7-6-8-22(17(3)4)24(21)27-23(28)15-31-25(29)19(14-26)13-18-9-11-20(30-5)12-10-18/h6-13,16-17H,15H2,1-5H3,(H,27,28)/b19-13+. The van der Waals surface area contributed by atoms with Crippen molar-refractivity contribution >= 4 is 23.6 Å². The normalized spacial score (nSPS) is 11.2. The Kier molecular flexibility index (Phi) is 8.39. The van der Waals surface area contributed by atoms with Crippen LogP contribution < -0.4 is 10.1 Å². The van der Waals surface area contributed by atoms with Gasteiger partial charge in [-0.3, -0.25) is 4.79 Å². The molecule has 0 aliphatic rings. The number of rotatable bonds is 8. The third kappa shape index (κ3) is 6.45. The summed E-state index contributed by atoms with van der Waals surface area (Å²) >= 11 is 0. The predicted molar refractivity (Wildman–Crippen MR) is 121 cm³/mol. The fourth-order valence-corrected chi connectivity index (χ4v) is 3.08. The van der Waals surface area contributed by atoms with E-state index in [4.69, 9.17) is 9.47 Å². The molecule has 0 spiro atoms. The highest BCUT2D eigenvalue weighted by Crippen LogP contribution is 2.32. The van der Waals surface area contributed by atoms with E-state index in [2.05, 4.69) is 33.0 Å². The van der Waals surface area contributed by atoms with Gasteiger partial charge in [0.15, 0.2) is 6.61 Å². The molecule has 0 radical (unpaired) electrons. The second kappa shape index (κ2) is 11.0. The van der Waals surface area contributed by atoms with Crippen molar-refractivity contribution in [3.8, 4) is 11.8 Å². The molecule has 2 aromatic carbocycles. The highest BCUT2D eigenvalue weighted by Gasteiger charge is 2.18. The van der Waals surface area contributed by atoms with Crippen LogP contribution in [-0.4, -0.2) is 25.6 Å². The summed E-state index contributed by atoms with van der Waals surface area (Å²) in [6.45, 7) is 7.73. The van der Waals surface area contributed by atoms with Crippen LogP contribution in [0.15, 0.2) is 48.0 Å². The zero-order valence-corrected chi connectivity index (χ0v) is 18.6. The van der Waals surface area contributed by atoms with Crippen molar-refractivity contribution in [1.82, 2.24) is 0 Å². The molecule has 0 unspecified atom stereocenters. The number of nitrogens with one attached hydrogen (secondary N) is 1. The Hall–Kier alpha value is -3.59. The highest BCUT2D eigenvalue weighted by atomic mass is 16.5. The smallest absolute Gasteiger partial charge is 0.349 e. The third-order valence-corrected chi connectivity index (χ3v) is 4.74. The minimum atomic E-state index is -0.852. The Labute approximate surface area is 183 Å². The van der Waals surface area contributed by atoms with Gasteiger partial charge in [0.1, 0.15) is 17.4 Å². The van der Waals surface area contributed by atoms with Crippen molar-refractivity contribution in [2.24, 2.45) is 0 Å². The Morgan fingerprint density at radius 3 is 2.10 bits per heavy atom. The molecule has 0 bridgehead atoms. The molecule has 0 fully saturated rings. The molecule has 0 heterocycles. The number of amides is 1. The predicted octanol–water partition coefficient (Wildman–Crippen LogP) is 5.03. The fourth-order valence-electron chi connectivity index (χ4n) is 3.08. The summed E-state index contributed by atoms with van der Waals surface area (Å²) < 4.78 is 10.2. The largest absolute Gasteiger partial charge is 0.497 e. The fraction of sp³-hybridized carbons (Fsp3) is 0.320. The number of hydrogen-bond donors (Lipinski definition) is 1. The van der Waals surface area contributed by atoms with Gasteiger partial charge < -0.3 is 14.8 Å². The van der Waals surface area contributed by atoms with Crippen LogP contribution in [0.5, 0.6) is 5.75 Å². The van der Waals surface area contributed by atoms with Crippen molar-refractivity contribution < 1.29 is 19.1 Å². The molecular formula is C25H28N2O4. The van der Waals surface area contributed by atoms with Gasteiger partial charge in [-0.05, 0) is 46.7 Å². The van der Waals surface area contributed by atoms with E-state index < -0.39 is 18.5 Å². The van der Waals surface area contributed by atoms with Crippen LogP contribution in [-0.2, 0) is 14.3 Å². The van der Waals surface area contributed by atoms with E-state index in [-0.39, 0.29) is 17.4 Å². The maximum atomic E-state index is 12.5. The number of nitriles is 1. The minimum Gasteiger partial charge on any atom is -0.497 e. The summed E-state index contributed by atoms with van der Waals surface area (Å²) in [5, 5.41) is 12.2. The van der Waals surface area contributed by atoms with Gasteiger partial charge >= 0.3 is 5.97 Å². The first-order chi connectivity index (χ1) is 14.8. The van der Waals surface area contributed by atoms with Gasteiger partial charge in [0.05, 0.1) is 7.11 Å². The molecule has 0 saturated heterocycles. The maximum absolute atomic E-state index is 12.5. The first-order valence-corrected chi connectivity index (χ1v) is 10.1. The summed E-state index contributed by atoms with van der Waals surface area (Å²) in [5.74, 6) is -0.208. The topological polar surface area (TPSA) is 88.4 Å². The molecule has 162 valence electrons. The molecule has 0 aromatic heterocycles. The van der Waals surface area contributed by atoms with Crippen LogP contribution in [0.3, 0.4) is 0 Å². The van der Waals surface area contributed by atoms with Gasteiger partial charge in [-0.25, -0.2) is 4.79 Å². The number of para-hydroxylation sites is 1. The van der Waals surface area contributed by atoms with Crippen molar-refractivity contribution in [3.63, 3.8) is 0 Å². The van der Waals surface area contributed by atoms with Gasteiger partial charge in [-0.15, -0.1) is 0 Å². The third-order valence-electron chi connectivity index (χ3n) is 4.74. The van der Waals surface area contributed by atoms with Crippen molar-refractivity contribution in [1.29, 1.82) is 5.26 Å². The van der Waals surface area contributed by atoms with Crippen LogP contribution in [0, 0.1) is 11.3 Å². The molecule has 2 rings (SSSR count). The number of anilines is 1. The Morgan fingerprint density at radius 2 is 1.61 bits per heavy atom. The van der Waals surface area contributed by atoms with Crippen LogP contribution in [0.2, 0.25) is 0 Å². The van der Waals surface area contributed by atoms with Crippen molar-refractivity contribution in [2.75, 3.05) is 19.0 Å². The van der Waals surface area contributed by atoms with E-state index in [1.54, 1.807) is 31.4 Å². The number of methoxy groups -OCH3 is 1. The molecule has 1 amide bonds. The monoisotopic (exact) mass is 420 g/mol. The summed E-state index contributed by atoms with van der Waals surface area (Å²) in [5.41, 5.74) is 3.24. The highest BCUT2D eigenvalue weighted by molar-refractivity contribution is 6.00. The number of hydrogen-bond acceptors (Lipinski definition) is 5. The quantitative estimate of drug-likeness (QED) is 0.367. The number of nitrogens with zero attached hydrogens (tertiary/aromatic N) is 1. The van der Waals surface area contributed by atoms with Crippen LogP contribution in [0.25, 0.3) is 6.08 Å². The molecule has 31 heavy (non-hydrogen) atoms. The maximum Gasteiger partial charge on any atom is 0.349 e. The Morgan fingerprint density at radius 1 is 1.03 bits per heavy atom. The van der Waals surface area contributed by atoms with Crippen molar-refractivity contribution in [3.05, 3.63) is 64.7 Å². The summed E-state index contributed by atoms with van der Waals surface area (Å²) in [7, 11) is 1.55. The first-order valence-electron chi connectivity index (χ1n) is 10.1. The molecule has 0 atom stereocenters. The minimum absolute atomic E-state index is 0.191. The van der Waals surface area contributed by atoms with Gasteiger partial charge in [0.25, 0.3) is 5.91 Å². The molecule has 2 aromatic rings. The lowest BCUT2D eigenvalue weighted by atomic mass is 9.92. The first kappa shape index (κ1) is 23.7. The average molecular weight is 421 g/mol. The van der Waals surface area contributed by atoms with E-state index in [0.29, 0.717) is 11.3 Å². The van der Waals surface area contributed by atoms with Crippen LogP contribution in [0.1, 0.15) is 56.2 Å². The summed E-state index contributed by atoms with van der Waals surface area (Å²) in [6, 6.07) is 14.6. The molecule has 0 aliphatic heterocycles. The molecule has 6 nitrogen and oxygen atoms in total. The van der Waals surface area contributed by atoms with Crippen LogP contribution in [0.4, 0.5) is 5.69 Å². The number of carbonyl (C=O) groups excluding carboxylic acids is 2. The molecule has 0 aliphatic carbocycles. The zero-order valence-electron chi connectivity index (χ0n) is 18.6. The zero-order chi connectivity index (χ0) is 23.0. The second-order valence-corrected chi connectivity index (χ2v) is 7.69. The summed E-state index contributed by atoms with van der Waals surface area (Å²) in [6.07, 6.45) is 1.41. The molecule has 6 heteroatoms. The summed E-state index contributed by atoms with van der Waals surface area (Å²) in [4.78, 5) is 24.8. The van der Waals surface area contributed by atoms with Crippen LogP contribution >= 0.6 is 0 Å².